The average Bonchev–Trinajstić information content (AvgIpc) is 2.16. The smallest absolute Gasteiger partial charge is 0.303 e. The fourth-order valence-corrected chi connectivity index (χ4v) is 1.83. The summed E-state index contributed by atoms with van der Waals surface area (Å²) in [7, 11) is 0. The highest BCUT2D eigenvalue weighted by molar-refractivity contribution is 5.78. The van der Waals surface area contributed by atoms with Gasteiger partial charge in [0.15, 0.2) is 0 Å². The van der Waals surface area contributed by atoms with Crippen molar-refractivity contribution in [2.45, 2.75) is 19.3 Å². The van der Waals surface area contributed by atoms with Gasteiger partial charge in [-0.05, 0) is 18.8 Å². The van der Waals surface area contributed by atoms with Crippen molar-refractivity contribution in [3.63, 3.8) is 0 Å². The van der Waals surface area contributed by atoms with Crippen LogP contribution in [0.5, 0.6) is 0 Å². The van der Waals surface area contributed by atoms with Crippen LogP contribution in [0.3, 0.4) is 0 Å². The van der Waals surface area contributed by atoms with Crippen LogP contribution in [0.2, 0.25) is 0 Å². The molecule has 0 aromatic carbocycles. The van der Waals surface area contributed by atoms with Crippen molar-refractivity contribution in [1.82, 2.24) is 4.90 Å². The zero-order chi connectivity index (χ0) is 10.6. The van der Waals surface area contributed by atoms with E-state index in [4.69, 9.17) is 10.8 Å². The summed E-state index contributed by atoms with van der Waals surface area (Å²) in [5.41, 5.74) is 5.24. The topological polar surface area (TPSA) is 83.6 Å². The monoisotopic (exact) mass is 200 g/mol. The standard InChI is InChI=1S/C9H16N2O3/c10-5-8(12)11-3-1-2-7(6-11)4-9(13)14/h7H,1-6,10H2,(H,13,14). The Hall–Kier alpha value is -1.10. The van der Waals surface area contributed by atoms with Crippen molar-refractivity contribution < 1.29 is 14.7 Å². The second kappa shape index (κ2) is 4.95. The number of aliphatic carboxylic acids is 1. The molecular formula is C9H16N2O3. The molecule has 0 aliphatic carbocycles. The molecule has 1 heterocycles. The normalized spacial score (nSPS) is 22.1. The van der Waals surface area contributed by atoms with Crippen molar-refractivity contribution in [2.75, 3.05) is 19.6 Å². The zero-order valence-corrected chi connectivity index (χ0v) is 8.11. The van der Waals surface area contributed by atoms with Crippen molar-refractivity contribution in [2.24, 2.45) is 11.7 Å². The molecule has 1 aliphatic rings. The van der Waals surface area contributed by atoms with Crippen LogP contribution in [0.15, 0.2) is 0 Å². The molecule has 5 nitrogen and oxygen atoms in total. The molecule has 1 unspecified atom stereocenters. The average molecular weight is 200 g/mol. The molecule has 1 rings (SSSR count). The Morgan fingerprint density at radius 1 is 1.50 bits per heavy atom. The summed E-state index contributed by atoms with van der Waals surface area (Å²) in [4.78, 5) is 23.4. The fourth-order valence-electron chi connectivity index (χ4n) is 1.83. The van der Waals surface area contributed by atoms with E-state index < -0.39 is 5.97 Å². The van der Waals surface area contributed by atoms with Gasteiger partial charge < -0.3 is 15.7 Å². The number of carboxylic acid groups (broad SMARTS) is 1. The van der Waals surface area contributed by atoms with Crippen LogP contribution in [-0.2, 0) is 9.59 Å². The molecule has 0 bridgehead atoms. The van der Waals surface area contributed by atoms with Crippen LogP contribution in [0, 0.1) is 5.92 Å². The molecule has 0 aromatic heterocycles. The minimum Gasteiger partial charge on any atom is -0.481 e. The first-order chi connectivity index (χ1) is 6.63. The lowest BCUT2D eigenvalue weighted by molar-refractivity contribution is -0.140. The maximum absolute atomic E-state index is 11.3. The van der Waals surface area contributed by atoms with Crippen LogP contribution in [0.4, 0.5) is 0 Å². The summed E-state index contributed by atoms with van der Waals surface area (Å²) >= 11 is 0. The first-order valence-corrected chi connectivity index (χ1v) is 4.83. The molecule has 3 N–H and O–H groups in total. The first kappa shape index (κ1) is 11.0. The third-order valence-electron chi connectivity index (χ3n) is 2.51. The molecule has 1 atom stereocenters. The molecule has 14 heavy (non-hydrogen) atoms. The summed E-state index contributed by atoms with van der Waals surface area (Å²) in [6.45, 7) is 1.27. The van der Waals surface area contributed by atoms with Gasteiger partial charge in [0, 0.05) is 19.5 Å². The summed E-state index contributed by atoms with van der Waals surface area (Å²) in [5, 5.41) is 8.62. The van der Waals surface area contributed by atoms with Crippen molar-refractivity contribution in [1.29, 1.82) is 0 Å². The highest BCUT2D eigenvalue weighted by atomic mass is 16.4. The van der Waals surface area contributed by atoms with Gasteiger partial charge in [-0.3, -0.25) is 9.59 Å². The molecule has 1 saturated heterocycles. The van der Waals surface area contributed by atoms with Crippen LogP contribution in [0.25, 0.3) is 0 Å². The number of amides is 1. The summed E-state index contributed by atoms with van der Waals surface area (Å²) in [5.74, 6) is -0.783. The molecule has 1 fully saturated rings. The second-order valence-electron chi connectivity index (χ2n) is 3.65. The molecule has 0 aromatic rings. The predicted octanol–water partition coefficient (Wildman–Crippen LogP) is -0.342. The van der Waals surface area contributed by atoms with Gasteiger partial charge in [0.1, 0.15) is 0 Å². The Morgan fingerprint density at radius 3 is 2.79 bits per heavy atom. The van der Waals surface area contributed by atoms with Gasteiger partial charge in [-0.1, -0.05) is 0 Å². The number of carbonyl (C=O) groups excluding carboxylic acids is 1. The van der Waals surface area contributed by atoms with Crippen LogP contribution in [0.1, 0.15) is 19.3 Å². The number of hydrogen-bond acceptors (Lipinski definition) is 3. The van der Waals surface area contributed by atoms with Gasteiger partial charge in [-0.15, -0.1) is 0 Å². The molecule has 0 radical (unpaired) electrons. The van der Waals surface area contributed by atoms with Gasteiger partial charge >= 0.3 is 5.97 Å². The molecule has 5 heteroatoms. The fraction of sp³-hybridized carbons (Fsp3) is 0.778. The van der Waals surface area contributed by atoms with Crippen molar-refractivity contribution >= 4 is 11.9 Å². The second-order valence-corrected chi connectivity index (χ2v) is 3.65. The Morgan fingerprint density at radius 2 is 2.21 bits per heavy atom. The number of nitrogens with two attached hydrogens (primary N) is 1. The minimum absolute atomic E-state index is 0.0137. The van der Waals surface area contributed by atoms with Crippen LogP contribution in [-0.4, -0.2) is 41.5 Å². The minimum atomic E-state index is -0.794. The third-order valence-corrected chi connectivity index (χ3v) is 2.51. The number of piperidine rings is 1. The quantitative estimate of drug-likeness (QED) is 0.652. The van der Waals surface area contributed by atoms with Gasteiger partial charge in [-0.25, -0.2) is 0 Å². The Labute approximate surface area is 82.9 Å². The number of likely N-dealkylation sites (tertiary alicyclic amines) is 1. The highest BCUT2D eigenvalue weighted by Gasteiger charge is 2.24. The predicted molar refractivity (Wildman–Crippen MR) is 50.6 cm³/mol. The van der Waals surface area contributed by atoms with E-state index in [1.807, 2.05) is 0 Å². The lowest BCUT2D eigenvalue weighted by atomic mass is 9.95. The van der Waals surface area contributed by atoms with Gasteiger partial charge in [0.2, 0.25) is 5.91 Å². The Balaban J connectivity index is 2.43. The van der Waals surface area contributed by atoms with Gasteiger partial charge in [0.25, 0.3) is 0 Å². The number of nitrogens with zero attached hydrogens (tertiary/aromatic N) is 1. The van der Waals surface area contributed by atoms with E-state index in [0.29, 0.717) is 13.1 Å². The molecule has 1 aliphatic heterocycles. The summed E-state index contributed by atoms with van der Waals surface area (Å²) < 4.78 is 0. The molecule has 0 saturated carbocycles. The van der Waals surface area contributed by atoms with E-state index in [2.05, 4.69) is 0 Å². The Bertz CT molecular complexity index is 230. The number of rotatable bonds is 3. The number of carbonyl (C=O) groups is 2. The van der Waals surface area contributed by atoms with E-state index in [1.54, 1.807) is 4.90 Å². The van der Waals surface area contributed by atoms with E-state index >= 15 is 0 Å². The molecule has 0 spiro atoms. The SMILES string of the molecule is NCC(=O)N1CCCC(CC(=O)O)C1. The molecule has 1 amide bonds. The van der Waals surface area contributed by atoms with Crippen LogP contribution >= 0.6 is 0 Å². The third kappa shape index (κ3) is 2.99. The van der Waals surface area contributed by atoms with E-state index in [9.17, 15) is 9.59 Å². The van der Waals surface area contributed by atoms with Gasteiger partial charge in [-0.2, -0.15) is 0 Å². The van der Waals surface area contributed by atoms with E-state index in [-0.39, 0.29) is 24.8 Å². The van der Waals surface area contributed by atoms with Crippen molar-refractivity contribution in [3.8, 4) is 0 Å². The summed E-state index contributed by atoms with van der Waals surface area (Å²) in [6.07, 6.45) is 1.92. The van der Waals surface area contributed by atoms with E-state index in [1.165, 1.54) is 0 Å². The van der Waals surface area contributed by atoms with Gasteiger partial charge in [0.05, 0.1) is 6.54 Å². The largest absolute Gasteiger partial charge is 0.481 e. The molecular weight excluding hydrogens is 184 g/mol. The highest BCUT2D eigenvalue weighted by Crippen LogP contribution is 2.19. The first-order valence-electron chi connectivity index (χ1n) is 4.83. The van der Waals surface area contributed by atoms with E-state index in [0.717, 1.165) is 12.8 Å². The number of hydrogen-bond donors (Lipinski definition) is 2. The molecule has 80 valence electrons. The Kier molecular flexibility index (Phi) is 3.88. The van der Waals surface area contributed by atoms with Crippen molar-refractivity contribution in [3.05, 3.63) is 0 Å². The van der Waals surface area contributed by atoms with Crippen LogP contribution < -0.4 is 5.73 Å². The lowest BCUT2D eigenvalue weighted by Gasteiger charge is -2.31. The zero-order valence-electron chi connectivity index (χ0n) is 8.11. The maximum atomic E-state index is 11.3. The number of carboxylic acids is 1. The summed E-state index contributed by atoms with van der Waals surface area (Å²) in [6, 6.07) is 0. The lowest BCUT2D eigenvalue weighted by Crippen LogP contribution is -2.43. The maximum Gasteiger partial charge on any atom is 0.303 e.